The lowest BCUT2D eigenvalue weighted by atomic mass is 10.2. The highest BCUT2D eigenvalue weighted by atomic mass is 32.2. The van der Waals surface area contributed by atoms with Crippen LogP contribution in [-0.2, 0) is 19.6 Å². The molecule has 0 spiro atoms. The molecular formula is C17H17N3O6S. The van der Waals surface area contributed by atoms with Crippen molar-refractivity contribution in [3.63, 3.8) is 0 Å². The van der Waals surface area contributed by atoms with Gasteiger partial charge in [-0.05, 0) is 36.4 Å². The smallest absolute Gasteiger partial charge is 0.279 e. The van der Waals surface area contributed by atoms with Gasteiger partial charge in [0.05, 0.1) is 4.90 Å². The van der Waals surface area contributed by atoms with Gasteiger partial charge in [-0.1, -0.05) is 12.1 Å². The molecule has 1 atom stereocenters. The quantitative estimate of drug-likeness (QED) is 0.648. The molecule has 0 aromatic heterocycles. The minimum atomic E-state index is -3.99. The number of anilines is 1. The van der Waals surface area contributed by atoms with Gasteiger partial charge in [0.25, 0.3) is 15.9 Å². The number of amides is 2. The molecule has 2 aromatic carbocycles. The lowest BCUT2D eigenvalue weighted by molar-refractivity contribution is -0.130. The topological polar surface area (TPSA) is 123 Å². The summed E-state index contributed by atoms with van der Waals surface area (Å²) < 4.78 is 35.5. The first-order chi connectivity index (χ1) is 12.8. The van der Waals surface area contributed by atoms with Crippen LogP contribution in [-0.4, -0.2) is 32.9 Å². The Kier molecular flexibility index (Phi) is 5.28. The largest absolute Gasteiger partial charge is 0.485 e. The zero-order valence-electron chi connectivity index (χ0n) is 14.3. The Balaban J connectivity index is 1.60. The molecule has 0 bridgehead atoms. The van der Waals surface area contributed by atoms with E-state index in [1.165, 1.54) is 31.2 Å². The van der Waals surface area contributed by atoms with Crippen LogP contribution in [0.2, 0.25) is 0 Å². The van der Waals surface area contributed by atoms with E-state index in [1.54, 1.807) is 24.3 Å². The zero-order chi connectivity index (χ0) is 19.4. The van der Waals surface area contributed by atoms with Crippen molar-refractivity contribution in [2.75, 3.05) is 11.9 Å². The van der Waals surface area contributed by atoms with Gasteiger partial charge < -0.3 is 14.8 Å². The van der Waals surface area contributed by atoms with Crippen molar-refractivity contribution >= 4 is 27.5 Å². The number of hydrogen-bond acceptors (Lipinski definition) is 6. The molecule has 1 aliphatic heterocycles. The fourth-order valence-corrected chi connectivity index (χ4v) is 3.17. The summed E-state index contributed by atoms with van der Waals surface area (Å²) in [5, 5.41) is 2.53. The second kappa shape index (κ2) is 7.64. The number of ether oxygens (including phenoxy) is 2. The first-order valence-corrected chi connectivity index (χ1v) is 9.41. The van der Waals surface area contributed by atoms with E-state index in [-0.39, 0.29) is 17.4 Å². The van der Waals surface area contributed by atoms with Crippen molar-refractivity contribution in [2.24, 2.45) is 0 Å². The number of hydrazine groups is 1. The van der Waals surface area contributed by atoms with E-state index in [4.69, 9.17) is 9.47 Å². The predicted octanol–water partition coefficient (Wildman–Crippen LogP) is 0.795. The van der Waals surface area contributed by atoms with Gasteiger partial charge in [-0.3, -0.25) is 15.0 Å². The van der Waals surface area contributed by atoms with Crippen molar-refractivity contribution in [3.8, 4) is 11.5 Å². The summed E-state index contributed by atoms with van der Waals surface area (Å²) >= 11 is 0. The van der Waals surface area contributed by atoms with Crippen LogP contribution in [0.3, 0.4) is 0 Å². The Morgan fingerprint density at radius 2 is 1.70 bits per heavy atom. The number of carbonyl (C=O) groups is 2. The lowest BCUT2D eigenvalue weighted by Crippen LogP contribution is -2.50. The number of sulfonamides is 1. The molecule has 0 radical (unpaired) electrons. The van der Waals surface area contributed by atoms with Gasteiger partial charge in [0.2, 0.25) is 12.0 Å². The van der Waals surface area contributed by atoms with Crippen LogP contribution in [0.4, 0.5) is 5.69 Å². The maximum absolute atomic E-state index is 12.3. The van der Waals surface area contributed by atoms with Crippen molar-refractivity contribution < 1.29 is 27.5 Å². The molecular weight excluding hydrogens is 374 g/mol. The monoisotopic (exact) mass is 391 g/mol. The number of benzene rings is 2. The Morgan fingerprint density at radius 1 is 1.04 bits per heavy atom. The van der Waals surface area contributed by atoms with Crippen molar-refractivity contribution in [1.29, 1.82) is 0 Å². The molecule has 142 valence electrons. The maximum atomic E-state index is 12.3. The first kappa shape index (κ1) is 18.7. The van der Waals surface area contributed by atoms with Crippen molar-refractivity contribution in [3.05, 3.63) is 48.5 Å². The summed E-state index contributed by atoms with van der Waals surface area (Å²) in [6.45, 7) is 1.30. The molecule has 0 saturated carbocycles. The molecule has 2 aromatic rings. The van der Waals surface area contributed by atoms with Crippen molar-refractivity contribution in [1.82, 2.24) is 10.3 Å². The lowest BCUT2D eigenvalue weighted by Gasteiger charge is -2.25. The minimum absolute atomic E-state index is 0.0456. The minimum Gasteiger partial charge on any atom is -0.485 e. The van der Waals surface area contributed by atoms with Gasteiger partial charge in [-0.25, -0.2) is 8.42 Å². The molecule has 9 nitrogen and oxygen atoms in total. The first-order valence-electron chi connectivity index (χ1n) is 7.93. The number of hydrogen-bond donors (Lipinski definition) is 3. The number of carbonyl (C=O) groups excluding carboxylic acids is 2. The van der Waals surface area contributed by atoms with Crippen LogP contribution in [0, 0.1) is 0 Å². The van der Waals surface area contributed by atoms with Crippen LogP contribution in [0.25, 0.3) is 0 Å². The van der Waals surface area contributed by atoms with E-state index in [0.717, 1.165) is 0 Å². The Hall–Kier alpha value is -3.11. The summed E-state index contributed by atoms with van der Waals surface area (Å²) in [4.78, 5) is 25.1. The van der Waals surface area contributed by atoms with E-state index >= 15 is 0 Å². The van der Waals surface area contributed by atoms with E-state index in [9.17, 15) is 18.0 Å². The fourth-order valence-electron chi connectivity index (χ4n) is 2.33. The van der Waals surface area contributed by atoms with Gasteiger partial charge >= 0.3 is 0 Å². The van der Waals surface area contributed by atoms with E-state index < -0.39 is 22.0 Å². The predicted molar refractivity (Wildman–Crippen MR) is 95.6 cm³/mol. The standard InChI is InChI=1S/C17H17N3O6S/c1-11(21)18-12-6-8-13(9-7-12)27(23,24)20-19-17(22)16-10-25-14-4-2-3-5-15(14)26-16/h2-9,16,20H,10H2,1H3,(H,18,21)(H,19,22)/t16-/m0/s1. The average molecular weight is 391 g/mol. The van der Waals surface area contributed by atoms with Gasteiger partial charge in [0.1, 0.15) is 6.61 Å². The zero-order valence-corrected chi connectivity index (χ0v) is 15.1. The van der Waals surface area contributed by atoms with Crippen LogP contribution in [0.5, 0.6) is 11.5 Å². The molecule has 27 heavy (non-hydrogen) atoms. The molecule has 0 unspecified atom stereocenters. The molecule has 3 rings (SSSR count). The van der Waals surface area contributed by atoms with Gasteiger partial charge in [0.15, 0.2) is 11.5 Å². The second-order valence-electron chi connectivity index (χ2n) is 5.66. The summed E-state index contributed by atoms with van der Waals surface area (Å²) in [5.41, 5.74) is 2.57. The third-order valence-electron chi connectivity index (χ3n) is 3.59. The summed E-state index contributed by atoms with van der Waals surface area (Å²) in [6, 6.07) is 12.3. The van der Waals surface area contributed by atoms with Crippen LogP contribution in [0.1, 0.15) is 6.92 Å². The highest BCUT2D eigenvalue weighted by Gasteiger charge is 2.28. The Morgan fingerprint density at radius 3 is 2.37 bits per heavy atom. The number of rotatable bonds is 5. The molecule has 10 heteroatoms. The van der Waals surface area contributed by atoms with Gasteiger partial charge in [-0.2, -0.15) is 0 Å². The normalized spacial score (nSPS) is 15.7. The third kappa shape index (κ3) is 4.54. The second-order valence-corrected chi connectivity index (χ2v) is 7.35. The van der Waals surface area contributed by atoms with Crippen LogP contribution in [0.15, 0.2) is 53.4 Å². The number of para-hydroxylation sites is 2. The molecule has 0 saturated heterocycles. The Bertz CT molecular complexity index is 959. The molecule has 0 aliphatic carbocycles. The average Bonchev–Trinajstić information content (AvgIpc) is 2.66. The SMILES string of the molecule is CC(=O)Nc1ccc(S(=O)(=O)NNC(=O)[C@@H]2COc3ccccc3O2)cc1. The number of nitrogens with one attached hydrogen (secondary N) is 3. The molecule has 1 aliphatic rings. The van der Waals surface area contributed by atoms with E-state index in [0.29, 0.717) is 17.2 Å². The molecule has 2 amide bonds. The fraction of sp³-hybridized carbons (Fsp3) is 0.176. The highest BCUT2D eigenvalue weighted by molar-refractivity contribution is 7.89. The summed E-state index contributed by atoms with van der Waals surface area (Å²) in [6.07, 6.45) is -0.996. The van der Waals surface area contributed by atoms with Gasteiger partial charge in [-0.15, -0.1) is 4.83 Å². The van der Waals surface area contributed by atoms with E-state index in [2.05, 4.69) is 10.7 Å². The van der Waals surface area contributed by atoms with Gasteiger partial charge in [0, 0.05) is 12.6 Å². The van der Waals surface area contributed by atoms with Crippen LogP contribution >= 0.6 is 0 Å². The van der Waals surface area contributed by atoms with Crippen LogP contribution < -0.4 is 25.0 Å². The van der Waals surface area contributed by atoms with Crippen molar-refractivity contribution in [2.45, 2.75) is 17.9 Å². The maximum Gasteiger partial charge on any atom is 0.279 e. The Labute approximate surface area is 155 Å². The molecule has 0 fully saturated rings. The molecule has 3 N–H and O–H groups in total. The summed E-state index contributed by atoms with van der Waals surface area (Å²) in [7, 11) is -3.99. The van der Waals surface area contributed by atoms with E-state index in [1.807, 2.05) is 4.83 Å². The number of fused-ring (bicyclic) bond motifs is 1. The highest BCUT2D eigenvalue weighted by Crippen LogP contribution is 2.30. The third-order valence-corrected chi connectivity index (χ3v) is 4.86. The summed E-state index contributed by atoms with van der Waals surface area (Å²) in [5.74, 6) is -0.0445. The molecule has 1 heterocycles.